The van der Waals surface area contributed by atoms with Gasteiger partial charge in [0.25, 0.3) is 11.6 Å². The molecule has 0 radical (unpaired) electrons. The van der Waals surface area contributed by atoms with Crippen molar-refractivity contribution in [2.24, 2.45) is 0 Å². The van der Waals surface area contributed by atoms with Gasteiger partial charge in [0.05, 0.1) is 10.7 Å². The SMILES string of the molecule is CC(=O)Nc1cccc(Nc2nnc(SCC(=O)NNC(=O)c3ccc([N+](=O)[O-])cc3)s2)c1. The lowest BCUT2D eigenvalue weighted by atomic mass is 10.2. The van der Waals surface area contributed by atoms with Crippen LogP contribution in [-0.2, 0) is 9.59 Å². The van der Waals surface area contributed by atoms with Gasteiger partial charge in [-0.1, -0.05) is 29.2 Å². The smallest absolute Gasteiger partial charge is 0.269 e. The first-order chi connectivity index (χ1) is 15.8. The molecule has 1 aromatic heterocycles. The summed E-state index contributed by atoms with van der Waals surface area (Å²) in [6, 6.07) is 12.1. The van der Waals surface area contributed by atoms with Gasteiger partial charge >= 0.3 is 0 Å². The van der Waals surface area contributed by atoms with Gasteiger partial charge < -0.3 is 10.6 Å². The predicted octanol–water partition coefficient (Wildman–Crippen LogP) is 2.70. The van der Waals surface area contributed by atoms with Gasteiger partial charge in [-0.15, -0.1) is 10.2 Å². The molecule has 0 aliphatic heterocycles. The van der Waals surface area contributed by atoms with Gasteiger partial charge in [-0.25, -0.2) is 0 Å². The average Bonchev–Trinajstić information content (AvgIpc) is 3.23. The number of aromatic nitrogens is 2. The van der Waals surface area contributed by atoms with Gasteiger partial charge in [0.1, 0.15) is 0 Å². The molecule has 4 N–H and O–H groups in total. The third-order valence-corrected chi connectivity index (χ3v) is 5.80. The van der Waals surface area contributed by atoms with Gasteiger partial charge in [0.15, 0.2) is 4.34 Å². The summed E-state index contributed by atoms with van der Waals surface area (Å²) in [5, 5.41) is 24.9. The molecular formula is C19H17N7O5S2. The number of hydrogen-bond acceptors (Lipinski definition) is 10. The molecule has 33 heavy (non-hydrogen) atoms. The van der Waals surface area contributed by atoms with E-state index in [0.29, 0.717) is 20.8 Å². The van der Waals surface area contributed by atoms with Crippen molar-refractivity contribution in [3.05, 3.63) is 64.2 Å². The summed E-state index contributed by atoms with van der Waals surface area (Å²) in [7, 11) is 0. The molecule has 14 heteroatoms. The van der Waals surface area contributed by atoms with E-state index in [-0.39, 0.29) is 22.9 Å². The summed E-state index contributed by atoms with van der Waals surface area (Å²) >= 11 is 2.37. The van der Waals surface area contributed by atoms with Crippen LogP contribution < -0.4 is 21.5 Å². The number of nitrogens with one attached hydrogen (secondary N) is 4. The fraction of sp³-hybridized carbons (Fsp3) is 0.105. The molecule has 0 spiro atoms. The summed E-state index contributed by atoms with van der Waals surface area (Å²) in [6.07, 6.45) is 0. The molecule has 3 amide bonds. The number of hydrazine groups is 1. The summed E-state index contributed by atoms with van der Waals surface area (Å²) in [6.45, 7) is 1.42. The number of amides is 3. The standard InChI is InChI=1S/C19H17N7O5S2/c1-11(27)20-13-3-2-4-14(9-13)21-18-24-25-19(33-18)32-10-16(28)22-23-17(29)12-5-7-15(8-6-12)26(30)31/h2-9H,10H2,1H3,(H,20,27)(H,21,24)(H,22,28)(H,23,29). The first-order valence-electron chi connectivity index (χ1n) is 9.25. The van der Waals surface area contributed by atoms with E-state index >= 15 is 0 Å². The minimum atomic E-state index is -0.604. The van der Waals surface area contributed by atoms with Crippen LogP contribution in [0.4, 0.5) is 22.2 Å². The molecule has 0 fully saturated rings. The van der Waals surface area contributed by atoms with Crippen LogP contribution >= 0.6 is 23.1 Å². The highest BCUT2D eigenvalue weighted by Crippen LogP contribution is 2.28. The lowest BCUT2D eigenvalue weighted by molar-refractivity contribution is -0.384. The van der Waals surface area contributed by atoms with Crippen LogP contribution in [0.2, 0.25) is 0 Å². The number of hydrogen-bond donors (Lipinski definition) is 4. The van der Waals surface area contributed by atoms with Crippen molar-refractivity contribution < 1.29 is 19.3 Å². The zero-order valence-corrected chi connectivity index (χ0v) is 18.7. The molecule has 0 unspecified atom stereocenters. The zero-order valence-electron chi connectivity index (χ0n) is 17.0. The maximum absolute atomic E-state index is 12.0. The van der Waals surface area contributed by atoms with E-state index in [1.54, 1.807) is 24.3 Å². The van der Waals surface area contributed by atoms with E-state index in [0.717, 1.165) is 11.8 Å². The van der Waals surface area contributed by atoms with E-state index in [1.807, 2.05) is 0 Å². The third-order valence-electron chi connectivity index (χ3n) is 3.82. The van der Waals surface area contributed by atoms with Crippen molar-refractivity contribution in [1.29, 1.82) is 0 Å². The molecule has 1 heterocycles. The van der Waals surface area contributed by atoms with Crippen molar-refractivity contribution in [1.82, 2.24) is 21.0 Å². The number of nitro groups is 1. The number of anilines is 3. The van der Waals surface area contributed by atoms with E-state index < -0.39 is 16.7 Å². The number of carbonyl (C=O) groups excluding carboxylic acids is 3. The number of thioether (sulfide) groups is 1. The Morgan fingerprint density at radius 1 is 1.06 bits per heavy atom. The maximum atomic E-state index is 12.0. The molecule has 3 aromatic rings. The molecule has 0 atom stereocenters. The van der Waals surface area contributed by atoms with Gasteiger partial charge in [-0.05, 0) is 30.3 Å². The first kappa shape index (κ1) is 23.6. The zero-order chi connectivity index (χ0) is 23.8. The van der Waals surface area contributed by atoms with Crippen LogP contribution in [-0.4, -0.2) is 38.6 Å². The molecule has 0 aliphatic carbocycles. The number of nitrogens with zero attached hydrogens (tertiary/aromatic N) is 3. The monoisotopic (exact) mass is 487 g/mol. The van der Waals surface area contributed by atoms with Crippen molar-refractivity contribution in [2.75, 3.05) is 16.4 Å². The Bertz CT molecular complexity index is 1180. The second-order valence-corrected chi connectivity index (χ2v) is 8.56. The molecule has 3 rings (SSSR count). The van der Waals surface area contributed by atoms with Gasteiger partial charge in [-0.3, -0.25) is 35.3 Å². The minimum absolute atomic E-state index is 0.0206. The Balaban J connectivity index is 1.45. The van der Waals surface area contributed by atoms with Crippen LogP contribution in [0.1, 0.15) is 17.3 Å². The Morgan fingerprint density at radius 2 is 1.79 bits per heavy atom. The lowest BCUT2D eigenvalue weighted by Gasteiger charge is -2.06. The molecular weight excluding hydrogens is 470 g/mol. The number of non-ortho nitro benzene ring substituents is 1. The number of nitro benzene ring substituents is 1. The normalized spacial score (nSPS) is 10.2. The summed E-state index contributed by atoms with van der Waals surface area (Å²) in [4.78, 5) is 45.2. The fourth-order valence-corrected chi connectivity index (χ4v) is 3.99. The Hall–Kier alpha value is -4.04. The predicted molar refractivity (Wildman–Crippen MR) is 123 cm³/mol. The fourth-order valence-electron chi connectivity index (χ4n) is 2.42. The van der Waals surface area contributed by atoms with E-state index in [1.165, 1.54) is 42.5 Å². The summed E-state index contributed by atoms with van der Waals surface area (Å²) in [5.74, 6) is -1.27. The van der Waals surface area contributed by atoms with Crippen LogP contribution in [0.3, 0.4) is 0 Å². The van der Waals surface area contributed by atoms with E-state index in [2.05, 4.69) is 31.7 Å². The first-order valence-corrected chi connectivity index (χ1v) is 11.0. The molecule has 170 valence electrons. The average molecular weight is 488 g/mol. The highest BCUT2D eigenvalue weighted by atomic mass is 32.2. The summed E-state index contributed by atoms with van der Waals surface area (Å²) < 4.78 is 0.535. The maximum Gasteiger partial charge on any atom is 0.269 e. The molecule has 0 bridgehead atoms. The van der Waals surface area contributed by atoms with Crippen LogP contribution in [0.25, 0.3) is 0 Å². The quantitative estimate of drug-likeness (QED) is 0.212. The lowest BCUT2D eigenvalue weighted by Crippen LogP contribution is -2.42. The second kappa shape index (κ2) is 11.0. The van der Waals surface area contributed by atoms with Gasteiger partial charge in [0, 0.05) is 36.0 Å². The van der Waals surface area contributed by atoms with Crippen molar-refractivity contribution in [3.63, 3.8) is 0 Å². The van der Waals surface area contributed by atoms with Crippen LogP contribution in [0.15, 0.2) is 52.9 Å². The highest BCUT2D eigenvalue weighted by molar-refractivity contribution is 8.01. The number of rotatable bonds is 8. The number of benzene rings is 2. The van der Waals surface area contributed by atoms with Crippen molar-refractivity contribution in [3.8, 4) is 0 Å². The summed E-state index contributed by atoms with van der Waals surface area (Å²) in [5.41, 5.74) is 5.88. The topological polar surface area (TPSA) is 168 Å². The van der Waals surface area contributed by atoms with Gasteiger partial charge in [0.2, 0.25) is 16.9 Å². The third kappa shape index (κ3) is 7.26. The van der Waals surface area contributed by atoms with Crippen LogP contribution in [0, 0.1) is 10.1 Å². The molecule has 0 aliphatic rings. The largest absolute Gasteiger partial charge is 0.330 e. The molecule has 0 saturated carbocycles. The van der Waals surface area contributed by atoms with Crippen LogP contribution in [0.5, 0.6) is 0 Å². The van der Waals surface area contributed by atoms with Crippen molar-refractivity contribution >= 4 is 63.0 Å². The highest BCUT2D eigenvalue weighted by Gasteiger charge is 2.12. The van der Waals surface area contributed by atoms with E-state index in [4.69, 9.17) is 0 Å². The minimum Gasteiger partial charge on any atom is -0.330 e. The molecule has 2 aromatic carbocycles. The molecule has 0 saturated heterocycles. The van der Waals surface area contributed by atoms with Gasteiger partial charge in [-0.2, -0.15) is 0 Å². The van der Waals surface area contributed by atoms with E-state index in [9.17, 15) is 24.5 Å². The Labute approximate surface area is 195 Å². The second-order valence-electron chi connectivity index (χ2n) is 6.36. The number of carbonyl (C=O) groups is 3. The van der Waals surface area contributed by atoms with Crippen molar-refractivity contribution in [2.45, 2.75) is 11.3 Å². The Kier molecular flexibility index (Phi) is 7.88. The Morgan fingerprint density at radius 3 is 2.48 bits per heavy atom. The molecule has 12 nitrogen and oxygen atoms in total.